The third-order valence-electron chi connectivity index (χ3n) is 1.86. The number of nitrogens with zero attached hydrogens (tertiary/aromatic N) is 3. The molecule has 0 aromatic carbocycles. The quantitative estimate of drug-likeness (QED) is 0.710. The van der Waals surface area contributed by atoms with E-state index in [1.165, 1.54) is 0 Å². The van der Waals surface area contributed by atoms with Gasteiger partial charge in [0.25, 0.3) is 0 Å². The summed E-state index contributed by atoms with van der Waals surface area (Å²) >= 11 is 28.9. The fourth-order valence-electron chi connectivity index (χ4n) is 1.01. The van der Waals surface area contributed by atoms with Crippen LogP contribution in [0.25, 0.3) is 0 Å². The molecule has 1 rings (SSSR count). The zero-order valence-electron chi connectivity index (χ0n) is 9.31. The summed E-state index contributed by atoms with van der Waals surface area (Å²) in [4.78, 5) is 3.25. The minimum absolute atomic E-state index is 0.109. The lowest BCUT2D eigenvalue weighted by atomic mass is 9.96. The third kappa shape index (κ3) is 3.97. The van der Waals surface area contributed by atoms with Gasteiger partial charge in [0, 0.05) is 5.41 Å². The minimum Gasteiger partial charge on any atom is -0.229 e. The normalized spacial score (nSPS) is 13.2. The Bertz CT molecular complexity index is 408. The molecule has 0 radical (unpaired) electrons. The molecule has 0 unspecified atom stereocenters. The van der Waals surface area contributed by atoms with Crippen molar-refractivity contribution in [1.82, 2.24) is 15.2 Å². The van der Waals surface area contributed by atoms with Gasteiger partial charge in [-0.05, 0) is 0 Å². The smallest absolute Gasteiger partial charge is 0.229 e. The number of alkyl halides is 5. The van der Waals surface area contributed by atoms with Gasteiger partial charge in [-0.15, -0.1) is 10.2 Å². The fraction of sp³-hybridized carbons (Fsp3) is 0.667. The molecule has 0 N–H and O–H groups in total. The van der Waals surface area contributed by atoms with E-state index in [-0.39, 0.29) is 16.8 Å². The second kappa shape index (κ2) is 5.22. The summed E-state index contributed by atoms with van der Waals surface area (Å²) < 4.78 is -1.74. The van der Waals surface area contributed by atoms with Gasteiger partial charge in [-0.2, -0.15) is 0 Å². The zero-order valence-corrected chi connectivity index (χ0v) is 13.1. The van der Waals surface area contributed by atoms with E-state index < -0.39 is 8.63 Å². The summed E-state index contributed by atoms with van der Waals surface area (Å²) in [5.74, 6) is 0.455. The summed E-state index contributed by atoms with van der Waals surface area (Å²) in [6, 6.07) is 0. The van der Waals surface area contributed by atoms with Crippen LogP contribution in [0.5, 0.6) is 0 Å². The Balaban J connectivity index is 3.41. The Kier molecular flexibility index (Phi) is 4.76. The van der Waals surface area contributed by atoms with Gasteiger partial charge in [-0.25, -0.2) is 4.98 Å². The van der Waals surface area contributed by atoms with Gasteiger partial charge < -0.3 is 0 Å². The minimum atomic E-state index is -1.74. The van der Waals surface area contributed by atoms with Crippen LogP contribution in [0.2, 0.25) is 0 Å². The van der Waals surface area contributed by atoms with Crippen LogP contribution in [0.4, 0.5) is 0 Å². The molecule has 0 aliphatic heterocycles. The van der Waals surface area contributed by atoms with Crippen LogP contribution >= 0.6 is 58.0 Å². The highest BCUT2D eigenvalue weighted by Crippen LogP contribution is 2.41. The molecular weight excluding hydrogens is 327 g/mol. The number of rotatable bonds is 1. The van der Waals surface area contributed by atoms with Crippen molar-refractivity contribution >= 4 is 58.0 Å². The van der Waals surface area contributed by atoms with E-state index in [0.29, 0.717) is 5.82 Å². The van der Waals surface area contributed by atoms with E-state index >= 15 is 0 Å². The van der Waals surface area contributed by atoms with Crippen molar-refractivity contribution in [3.8, 4) is 0 Å². The largest absolute Gasteiger partial charge is 0.234 e. The molecule has 0 spiro atoms. The Morgan fingerprint density at radius 1 is 1.00 bits per heavy atom. The summed E-state index contributed by atoms with van der Waals surface area (Å²) in [7, 11) is 0. The average Bonchev–Trinajstić information content (AvgIpc) is 2.14. The van der Waals surface area contributed by atoms with Crippen molar-refractivity contribution in [3.05, 3.63) is 17.2 Å². The molecule has 0 saturated carbocycles. The predicted molar refractivity (Wildman–Crippen MR) is 72.2 cm³/mol. The van der Waals surface area contributed by atoms with Crippen LogP contribution in [-0.2, 0) is 9.21 Å². The second-order valence-electron chi connectivity index (χ2n) is 4.42. The highest BCUT2D eigenvalue weighted by molar-refractivity contribution is 6.66. The second-order valence-corrected chi connectivity index (χ2v) is 7.80. The summed E-state index contributed by atoms with van der Waals surface area (Å²) in [6.07, 6.45) is 0. The van der Waals surface area contributed by atoms with Crippen molar-refractivity contribution in [1.29, 1.82) is 0 Å². The maximum absolute atomic E-state index is 5.81. The SMILES string of the molecule is CC(C)(C)c1nnc(C(Cl)Cl)c(C(Cl)(Cl)Cl)n1. The molecule has 17 heavy (non-hydrogen) atoms. The molecule has 1 aromatic heterocycles. The lowest BCUT2D eigenvalue weighted by Gasteiger charge is -2.20. The van der Waals surface area contributed by atoms with E-state index in [9.17, 15) is 0 Å². The number of hydrogen-bond donors (Lipinski definition) is 0. The topological polar surface area (TPSA) is 38.7 Å². The van der Waals surface area contributed by atoms with Gasteiger partial charge >= 0.3 is 0 Å². The maximum Gasteiger partial charge on any atom is 0.234 e. The lowest BCUT2D eigenvalue weighted by molar-refractivity contribution is 0.526. The highest BCUT2D eigenvalue weighted by Gasteiger charge is 2.33. The van der Waals surface area contributed by atoms with E-state index in [4.69, 9.17) is 58.0 Å². The zero-order chi connectivity index (χ0) is 13.4. The van der Waals surface area contributed by atoms with Gasteiger partial charge in [0.2, 0.25) is 3.79 Å². The molecule has 3 nitrogen and oxygen atoms in total. The molecule has 0 bridgehead atoms. The molecule has 0 saturated heterocycles. The van der Waals surface area contributed by atoms with Crippen LogP contribution in [0.3, 0.4) is 0 Å². The van der Waals surface area contributed by atoms with Gasteiger partial charge in [0.05, 0.1) is 0 Å². The summed E-state index contributed by atoms with van der Waals surface area (Å²) in [5.41, 5.74) is -0.0524. The molecule has 0 fully saturated rings. The van der Waals surface area contributed by atoms with Crippen LogP contribution in [0, 0.1) is 0 Å². The lowest BCUT2D eigenvalue weighted by Crippen LogP contribution is -2.22. The van der Waals surface area contributed by atoms with Crippen LogP contribution in [0.15, 0.2) is 0 Å². The molecule has 96 valence electrons. The molecule has 0 amide bonds. The van der Waals surface area contributed by atoms with E-state index in [1.807, 2.05) is 20.8 Å². The first kappa shape index (κ1) is 15.5. The fourth-order valence-corrected chi connectivity index (χ4v) is 1.72. The number of hydrogen-bond acceptors (Lipinski definition) is 3. The van der Waals surface area contributed by atoms with E-state index in [1.54, 1.807) is 0 Å². The van der Waals surface area contributed by atoms with Crippen molar-refractivity contribution in [2.45, 2.75) is 34.8 Å². The predicted octanol–water partition coefficient (Wildman–Crippen LogP) is 4.47. The van der Waals surface area contributed by atoms with Crippen LogP contribution in [0.1, 0.15) is 42.8 Å². The van der Waals surface area contributed by atoms with E-state index in [0.717, 1.165) is 0 Å². The van der Waals surface area contributed by atoms with Gasteiger partial charge in [-0.1, -0.05) is 78.8 Å². The Morgan fingerprint density at radius 3 is 1.88 bits per heavy atom. The van der Waals surface area contributed by atoms with Gasteiger partial charge in [0.15, 0.2) is 10.7 Å². The molecule has 0 aliphatic carbocycles. The van der Waals surface area contributed by atoms with Crippen LogP contribution in [-0.4, -0.2) is 15.2 Å². The average molecular weight is 337 g/mol. The van der Waals surface area contributed by atoms with Crippen LogP contribution < -0.4 is 0 Å². The number of halogens is 5. The molecular formula is C9H10Cl5N3. The first-order chi connectivity index (χ1) is 7.53. The monoisotopic (exact) mass is 335 g/mol. The highest BCUT2D eigenvalue weighted by atomic mass is 35.6. The molecule has 0 atom stereocenters. The Hall–Kier alpha value is 0.460. The van der Waals surface area contributed by atoms with Gasteiger partial charge in [-0.3, -0.25) is 0 Å². The van der Waals surface area contributed by atoms with Crippen molar-refractivity contribution in [3.63, 3.8) is 0 Å². The third-order valence-corrected chi connectivity index (χ3v) is 2.81. The van der Waals surface area contributed by atoms with Crippen molar-refractivity contribution < 1.29 is 0 Å². The number of aromatic nitrogens is 3. The first-order valence-corrected chi connectivity index (χ1v) is 6.64. The van der Waals surface area contributed by atoms with Gasteiger partial charge in [0.1, 0.15) is 11.4 Å². The first-order valence-electron chi connectivity index (χ1n) is 4.64. The van der Waals surface area contributed by atoms with E-state index in [2.05, 4.69) is 15.2 Å². The summed E-state index contributed by atoms with van der Waals surface area (Å²) in [5, 5.41) is 7.82. The molecule has 8 heteroatoms. The molecule has 1 heterocycles. The Morgan fingerprint density at radius 2 is 1.53 bits per heavy atom. The Labute approximate surface area is 125 Å². The maximum atomic E-state index is 5.81. The molecule has 1 aromatic rings. The summed E-state index contributed by atoms with van der Waals surface area (Å²) in [6.45, 7) is 5.76. The van der Waals surface area contributed by atoms with Crippen molar-refractivity contribution in [2.75, 3.05) is 0 Å². The standard InChI is InChI=1S/C9H10Cl5N3/c1-8(2,3)7-15-5(9(12,13)14)4(6(10)11)16-17-7/h6H,1-3H3. The van der Waals surface area contributed by atoms with Crippen molar-refractivity contribution in [2.24, 2.45) is 0 Å². The molecule has 0 aliphatic rings.